The fraction of sp³-hybridized carbons (Fsp3) is 0.421. The van der Waals surface area contributed by atoms with Crippen molar-refractivity contribution in [3.05, 3.63) is 57.0 Å². The molecule has 8 heteroatoms. The van der Waals surface area contributed by atoms with Crippen molar-refractivity contribution in [2.75, 3.05) is 25.1 Å². The Morgan fingerprint density at radius 1 is 1.22 bits per heavy atom. The first-order chi connectivity index (χ1) is 13.0. The summed E-state index contributed by atoms with van der Waals surface area (Å²) in [6, 6.07) is 6.40. The molecule has 0 bridgehead atoms. The number of aromatic nitrogens is 2. The number of carbonyl (C=O) groups excluding carboxylic acids is 1. The van der Waals surface area contributed by atoms with Crippen molar-refractivity contribution >= 4 is 17.5 Å². The van der Waals surface area contributed by atoms with Gasteiger partial charge in [-0.05, 0) is 25.3 Å². The van der Waals surface area contributed by atoms with Crippen molar-refractivity contribution in [3.8, 4) is 0 Å². The van der Waals surface area contributed by atoms with Gasteiger partial charge in [-0.25, -0.2) is 9.97 Å². The van der Waals surface area contributed by atoms with Crippen LogP contribution in [0.3, 0.4) is 0 Å². The van der Waals surface area contributed by atoms with Gasteiger partial charge in [0.2, 0.25) is 0 Å². The smallest absolute Gasteiger partial charge is 0.310 e. The molecule has 0 amide bonds. The largest absolute Gasteiger partial charge is 0.469 e. The molecule has 2 heterocycles. The number of rotatable bonds is 6. The number of hydrogen-bond acceptors (Lipinski definition) is 7. The predicted octanol–water partition coefficient (Wildman–Crippen LogP) is 2.60. The summed E-state index contributed by atoms with van der Waals surface area (Å²) >= 11 is 0. The molecule has 27 heavy (non-hydrogen) atoms. The van der Waals surface area contributed by atoms with Crippen LogP contribution in [0.4, 0.5) is 11.5 Å². The Bertz CT molecular complexity index is 846. The van der Waals surface area contributed by atoms with E-state index in [2.05, 4.69) is 9.88 Å². The second-order valence-corrected chi connectivity index (χ2v) is 6.57. The zero-order valence-electron chi connectivity index (χ0n) is 15.5. The minimum atomic E-state index is -0.419. The monoisotopic (exact) mass is 370 g/mol. The average Bonchev–Trinajstić information content (AvgIpc) is 3.18. The van der Waals surface area contributed by atoms with E-state index in [9.17, 15) is 14.9 Å². The molecule has 0 saturated carbocycles. The van der Waals surface area contributed by atoms with Crippen LogP contribution in [-0.4, -0.2) is 41.1 Å². The summed E-state index contributed by atoms with van der Waals surface area (Å²) in [6.45, 7) is 3.68. The third-order valence-electron chi connectivity index (χ3n) is 4.70. The maximum Gasteiger partial charge on any atom is 0.310 e. The number of carbonyl (C=O) groups is 1. The standard InChI is InChI=1S/C19H22N4O4/c1-13-16(12-18(24)27-2)19(22-9-3-4-10-22)21-17(20-13)11-14-5-7-15(8-6-14)23(25)26/h5-8H,3-4,9-12H2,1-2H3. The molecule has 1 aliphatic rings. The number of ether oxygens (including phenoxy) is 1. The van der Waals surface area contributed by atoms with Gasteiger partial charge in [-0.1, -0.05) is 12.1 Å². The molecule has 0 atom stereocenters. The molecule has 142 valence electrons. The van der Waals surface area contributed by atoms with Gasteiger partial charge >= 0.3 is 5.97 Å². The number of aryl methyl sites for hydroxylation is 1. The van der Waals surface area contributed by atoms with Crippen LogP contribution < -0.4 is 4.90 Å². The molecule has 1 aromatic heterocycles. The lowest BCUT2D eigenvalue weighted by Gasteiger charge is -2.22. The van der Waals surface area contributed by atoms with E-state index in [1.807, 2.05) is 6.92 Å². The SMILES string of the molecule is COC(=O)Cc1c(C)nc(Cc2ccc([N+](=O)[O-])cc2)nc1N1CCCC1. The highest BCUT2D eigenvalue weighted by molar-refractivity contribution is 5.75. The molecule has 1 aliphatic heterocycles. The van der Waals surface area contributed by atoms with Crippen molar-refractivity contribution in [3.63, 3.8) is 0 Å². The maximum atomic E-state index is 11.8. The molecular formula is C19H22N4O4. The van der Waals surface area contributed by atoms with Crippen LogP contribution in [0.15, 0.2) is 24.3 Å². The first-order valence-corrected chi connectivity index (χ1v) is 8.89. The van der Waals surface area contributed by atoms with E-state index >= 15 is 0 Å². The van der Waals surface area contributed by atoms with Crippen LogP contribution >= 0.6 is 0 Å². The van der Waals surface area contributed by atoms with E-state index in [1.54, 1.807) is 12.1 Å². The summed E-state index contributed by atoms with van der Waals surface area (Å²) < 4.78 is 4.82. The first kappa shape index (κ1) is 18.8. The van der Waals surface area contributed by atoms with Gasteiger partial charge in [-0.15, -0.1) is 0 Å². The van der Waals surface area contributed by atoms with E-state index in [0.29, 0.717) is 12.2 Å². The molecule has 1 saturated heterocycles. The first-order valence-electron chi connectivity index (χ1n) is 8.89. The lowest BCUT2D eigenvalue weighted by Crippen LogP contribution is -2.24. The second kappa shape index (κ2) is 8.11. The van der Waals surface area contributed by atoms with Crippen molar-refractivity contribution in [1.82, 2.24) is 9.97 Å². The van der Waals surface area contributed by atoms with Crippen LogP contribution in [0, 0.1) is 17.0 Å². The lowest BCUT2D eigenvalue weighted by molar-refractivity contribution is -0.384. The van der Waals surface area contributed by atoms with Crippen molar-refractivity contribution < 1.29 is 14.5 Å². The van der Waals surface area contributed by atoms with Crippen molar-refractivity contribution in [2.45, 2.75) is 32.6 Å². The Kier molecular flexibility index (Phi) is 5.63. The van der Waals surface area contributed by atoms with Gasteiger partial charge in [0.05, 0.1) is 18.5 Å². The third kappa shape index (κ3) is 4.39. The second-order valence-electron chi connectivity index (χ2n) is 6.57. The zero-order valence-corrected chi connectivity index (χ0v) is 15.5. The fourth-order valence-electron chi connectivity index (χ4n) is 3.25. The average molecular weight is 370 g/mol. The molecule has 8 nitrogen and oxygen atoms in total. The predicted molar refractivity (Wildman–Crippen MR) is 99.8 cm³/mol. The van der Waals surface area contributed by atoms with Gasteiger partial charge in [0, 0.05) is 42.9 Å². The molecule has 0 aliphatic carbocycles. The zero-order chi connectivity index (χ0) is 19.4. The van der Waals surface area contributed by atoms with Crippen molar-refractivity contribution in [1.29, 1.82) is 0 Å². The summed E-state index contributed by atoms with van der Waals surface area (Å²) in [7, 11) is 1.37. The molecule has 1 fully saturated rings. The summed E-state index contributed by atoms with van der Waals surface area (Å²) in [5, 5.41) is 10.8. The number of methoxy groups -OCH3 is 1. The third-order valence-corrected chi connectivity index (χ3v) is 4.70. The van der Waals surface area contributed by atoms with Crippen LogP contribution in [0.5, 0.6) is 0 Å². The molecule has 0 radical (unpaired) electrons. The van der Waals surface area contributed by atoms with E-state index in [0.717, 1.165) is 48.6 Å². The number of esters is 1. The molecule has 0 unspecified atom stereocenters. The quantitative estimate of drug-likeness (QED) is 0.438. The maximum absolute atomic E-state index is 11.8. The number of nitrogens with zero attached hydrogens (tertiary/aromatic N) is 4. The van der Waals surface area contributed by atoms with Crippen LogP contribution in [0.25, 0.3) is 0 Å². The van der Waals surface area contributed by atoms with Gasteiger partial charge < -0.3 is 9.64 Å². The number of anilines is 1. The Labute approximate surface area is 157 Å². The Hall–Kier alpha value is -3.03. The minimum Gasteiger partial charge on any atom is -0.469 e. The fourth-order valence-corrected chi connectivity index (χ4v) is 3.25. The van der Waals surface area contributed by atoms with Crippen LogP contribution in [0.2, 0.25) is 0 Å². The molecule has 1 aromatic carbocycles. The summed E-state index contributed by atoms with van der Waals surface area (Å²) in [5.41, 5.74) is 2.51. The summed E-state index contributed by atoms with van der Waals surface area (Å²) in [6.07, 6.45) is 2.81. The van der Waals surface area contributed by atoms with E-state index in [-0.39, 0.29) is 18.1 Å². The van der Waals surface area contributed by atoms with Gasteiger partial charge in [0.15, 0.2) is 0 Å². The number of nitro groups is 1. The van der Waals surface area contributed by atoms with Gasteiger partial charge in [0.25, 0.3) is 5.69 Å². The van der Waals surface area contributed by atoms with Gasteiger partial charge in [0.1, 0.15) is 11.6 Å². The Balaban J connectivity index is 1.91. The summed E-state index contributed by atoms with van der Waals surface area (Å²) in [4.78, 5) is 33.7. The highest BCUT2D eigenvalue weighted by atomic mass is 16.6. The van der Waals surface area contributed by atoms with Crippen LogP contribution in [0.1, 0.15) is 35.5 Å². The number of nitro benzene ring substituents is 1. The number of hydrogen-bond donors (Lipinski definition) is 0. The molecule has 0 spiro atoms. The highest BCUT2D eigenvalue weighted by Crippen LogP contribution is 2.26. The lowest BCUT2D eigenvalue weighted by atomic mass is 10.1. The minimum absolute atomic E-state index is 0.0574. The Morgan fingerprint density at radius 2 is 1.89 bits per heavy atom. The van der Waals surface area contributed by atoms with Crippen molar-refractivity contribution in [2.24, 2.45) is 0 Å². The summed E-state index contributed by atoms with van der Waals surface area (Å²) in [5.74, 6) is 1.12. The topological polar surface area (TPSA) is 98.5 Å². The molecule has 0 N–H and O–H groups in total. The number of benzene rings is 1. The Morgan fingerprint density at radius 3 is 2.48 bits per heavy atom. The van der Waals surface area contributed by atoms with E-state index in [1.165, 1.54) is 19.2 Å². The van der Waals surface area contributed by atoms with E-state index < -0.39 is 4.92 Å². The number of non-ortho nitro benzene ring substituents is 1. The molecule has 3 rings (SSSR count). The van der Waals surface area contributed by atoms with Gasteiger partial charge in [-0.2, -0.15) is 0 Å². The molecular weight excluding hydrogens is 348 g/mol. The van der Waals surface area contributed by atoms with Gasteiger partial charge in [-0.3, -0.25) is 14.9 Å². The van der Waals surface area contributed by atoms with Crippen LogP contribution in [-0.2, 0) is 22.4 Å². The molecule has 2 aromatic rings. The van der Waals surface area contributed by atoms with E-state index in [4.69, 9.17) is 9.72 Å². The normalized spacial score (nSPS) is 13.6. The highest BCUT2D eigenvalue weighted by Gasteiger charge is 2.22.